The van der Waals surface area contributed by atoms with E-state index in [0.29, 0.717) is 29.5 Å². The van der Waals surface area contributed by atoms with E-state index in [1.54, 1.807) is 42.6 Å². The number of hydrogen-bond acceptors (Lipinski definition) is 7. The predicted molar refractivity (Wildman–Crippen MR) is 141 cm³/mol. The van der Waals surface area contributed by atoms with E-state index in [2.05, 4.69) is 10.1 Å². The number of benzene rings is 2. The lowest BCUT2D eigenvalue weighted by Crippen LogP contribution is -2.49. The number of rotatable bonds is 7. The Morgan fingerprint density at radius 3 is 2.38 bits per heavy atom. The van der Waals surface area contributed by atoms with Crippen molar-refractivity contribution in [1.82, 2.24) is 19.1 Å². The minimum atomic E-state index is -3.71. The Labute approximate surface area is 219 Å². The van der Waals surface area contributed by atoms with Crippen molar-refractivity contribution >= 4 is 27.3 Å². The summed E-state index contributed by atoms with van der Waals surface area (Å²) < 4.78 is 34.7. The van der Waals surface area contributed by atoms with Crippen LogP contribution in [0, 0.1) is 0 Å². The monoisotopic (exact) mass is 537 g/mol. The van der Waals surface area contributed by atoms with E-state index < -0.39 is 15.6 Å². The standard InChI is InChI=1S/C26H24ClN5O4S/c27-21-9-6-10-22(17-21)32-26(33)25(36-19-20-7-2-1-3-8-20)23(18-29-32)30-13-15-31(16-14-30)37(34,35)24-11-4-5-12-28-24/h1-12,17-18H,13-16,19H2. The lowest BCUT2D eigenvalue weighted by molar-refractivity contribution is 0.297. The molecule has 1 aliphatic rings. The lowest BCUT2D eigenvalue weighted by atomic mass is 10.2. The minimum Gasteiger partial charge on any atom is -0.481 e. The summed E-state index contributed by atoms with van der Waals surface area (Å²) in [5.74, 6) is 0.139. The van der Waals surface area contributed by atoms with Gasteiger partial charge in [0.25, 0.3) is 10.0 Å². The van der Waals surface area contributed by atoms with Gasteiger partial charge in [0.1, 0.15) is 12.3 Å². The molecule has 190 valence electrons. The van der Waals surface area contributed by atoms with Gasteiger partial charge in [-0.1, -0.05) is 54.1 Å². The van der Waals surface area contributed by atoms with Gasteiger partial charge >= 0.3 is 5.56 Å². The highest BCUT2D eigenvalue weighted by Crippen LogP contribution is 2.27. The first-order chi connectivity index (χ1) is 17.9. The molecular formula is C26H24ClN5O4S. The van der Waals surface area contributed by atoms with Crippen LogP contribution in [-0.2, 0) is 16.6 Å². The van der Waals surface area contributed by atoms with Crippen LogP contribution in [-0.4, -0.2) is 53.7 Å². The Morgan fingerprint density at radius 1 is 0.919 bits per heavy atom. The van der Waals surface area contributed by atoms with Crippen molar-refractivity contribution in [1.29, 1.82) is 0 Å². The number of hydrogen-bond donors (Lipinski definition) is 0. The number of piperazine rings is 1. The highest BCUT2D eigenvalue weighted by Gasteiger charge is 2.31. The third kappa shape index (κ3) is 5.36. The zero-order valence-corrected chi connectivity index (χ0v) is 21.3. The molecule has 0 radical (unpaired) electrons. The molecule has 4 aromatic rings. The molecule has 1 saturated heterocycles. The molecule has 37 heavy (non-hydrogen) atoms. The Kier molecular flexibility index (Phi) is 7.22. The zero-order chi connectivity index (χ0) is 25.8. The zero-order valence-electron chi connectivity index (χ0n) is 19.8. The fourth-order valence-corrected chi connectivity index (χ4v) is 5.65. The molecule has 0 unspecified atom stereocenters. The molecule has 0 amide bonds. The van der Waals surface area contributed by atoms with Crippen LogP contribution >= 0.6 is 11.6 Å². The molecule has 3 heterocycles. The van der Waals surface area contributed by atoms with Gasteiger partial charge in [0.05, 0.1) is 11.9 Å². The molecular weight excluding hydrogens is 514 g/mol. The Balaban J connectivity index is 1.44. The van der Waals surface area contributed by atoms with Crippen LogP contribution in [0.5, 0.6) is 5.75 Å². The van der Waals surface area contributed by atoms with Gasteiger partial charge in [-0.3, -0.25) is 4.79 Å². The second-order valence-corrected chi connectivity index (χ2v) is 10.7. The second kappa shape index (κ2) is 10.7. The van der Waals surface area contributed by atoms with Gasteiger partial charge in [-0.2, -0.15) is 14.1 Å². The summed E-state index contributed by atoms with van der Waals surface area (Å²) in [7, 11) is -3.71. The van der Waals surface area contributed by atoms with Crippen molar-refractivity contribution in [3.05, 3.63) is 106 Å². The predicted octanol–water partition coefficient (Wildman–Crippen LogP) is 3.37. The van der Waals surface area contributed by atoms with Crippen LogP contribution in [0.3, 0.4) is 0 Å². The molecule has 5 rings (SSSR count). The molecule has 2 aromatic carbocycles. The van der Waals surface area contributed by atoms with Crippen molar-refractivity contribution in [3.63, 3.8) is 0 Å². The SMILES string of the molecule is O=c1c(OCc2ccccc2)c(N2CCN(S(=O)(=O)c3ccccn3)CC2)cnn1-c1cccc(Cl)c1. The average molecular weight is 538 g/mol. The number of halogens is 1. The summed E-state index contributed by atoms with van der Waals surface area (Å²) in [4.78, 5) is 19.5. The van der Waals surface area contributed by atoms with Gasteiger partial charge in [-0.15, -0.1) is 0 Å². The van der Waals surface area contributed by atoms with Gasteiger partial charge in [0.2, 0.25) is 5.75 Å². The van der Waals surface area contributed by atoms with E-state index >= 15 is 0 Å². The van der Waals surface area contributed by atoms with Crippen molar-refractivity contribution < 1.29 is 13.2 Å². The minimum absolute atomic E-state index is 0.0149. The molecule has 1 aliphatic heterocycles. The largest absolute Gasteiger partial charge is 0.481 e. The first-order valence-electron chi connectivity index (χ1n) is 11.6. The molecule has 0 saturated carbocycles. The van der Waals surface area contributed by atoms with E-state index in [-0.39, 0.29) is 30.5 Å². The molecule has 9 nitrogen and oxygen atoms in total. The molecule has 0 N–H and O–H groups in total. The highest BCUT2D eigenvalue weighted by atomic mass is 35.5. The van der Waals surface area contributed by atoms with E-state index in [1.807, 2.05) is 35.2 Å². The fourth-order valence-electron chi connectivity index (χ4n) is 4.11. The maximum Gasteiger partial charge on any atom is 0.316 e. The van der Waals surface area contributed by atoms with E-state index in [4.69, 9.17) is 16.3 Å². The van der Waals surface area contributed by atoms with E-state index in [1.165, 1.54) is 21.3 Å². The summed E-state index contributed by atoms with van der Waals surface area (Å²) >= 11 is 6.13. The summed E-state index contributed by atoms with van der Waals surface area (Å²) in [5, 5.41) is 4.87. The number of sulfonamides is 1. The van der Waals surface area contributed by atoms with Crippen molar-refractivity contribution in [2.45, 2.75) is 11.6 Å². The van der Waals surface area contributed by atoms with Crippen LogP contribution in [0.15, 0.2) is 95.0 Å². The van der Waals surface area contributed by atoms with Gasteiger partial charge in [0.15, 0.2) is 5.03 Å². The van der Waals surface area contributed by atoms with Crippen molar-refractivity contribution in [2.75, 3.05) is 31.1 Å². The first kappa shape index (κ1) is 24.9. The Morgan fingerprint density at radius 2 is 1.68 bits per heavy atom. The molecule has 11 heteroatoms. The molecule has 1 fully saturated rings. The summed E-state index contributed by atoms with van der Waals surface area (Å²) in [6.07, 6.45) is 3.03. The van der Waals surface area contributed by atoms with Gasteiger partial charge in [-0.05, 0) is 35.9 Å². The quantitative estimate of drug-likeness (QED) is 0.356. The number of anilines is 1. The van der Waals surface area contributed by atoms with Crippen LogP contribution < -0.4 is 15.2 Å². The third-order valence-corrected chi connectivity index (χ3v) is 8.06. The highest BCUT2D eigenvalue weighted by molar-refractivity contribution is 7.89. The number of nitrogens with zero attached hydrogens (tertiary/aromatic N) is 5. The number of ether oxygens (including phenoxy) is 1. The van der Waals surface area contributed by atoms with Crippen LogP contribution in [0.1, 0.15) is 5.56 Å². The smallest absolute Gasteiger partial charge is 0.316 e. The lowest BCUT2D eigenvalue weighted by Gasteiger charge is -2.35. The fraction of sp³-hybridized carbons (Fsp3) is 0.192. The maximum absolute atomic E-state index is 13.6. The Hall–Kier alpha value is -3.73. The molecule has 0 spiro atoms. The van der Waals surface area contributed by atoms with E-state index in [0.717, 1.165) is 5.56 Å². The van der Waals surface area contributed by atoms with Crippen LogP contribution in [0.25, 0.3) is 5.69 Å². The first-order valence-corrected chi connectivity index (χ1v) is 13.5. The second-order valence-electron chi connectivity index (χ2n) is 8.39. The van der Waals surface area contributed by atoms with Crippen molar-refractivity contribution in [3.8, 4) is 11.4 Å². The summed E-state index contributed by atoms with van der Waals surface area (Å²) in [6, 6.07) is 21.2. The number of aromatic nitrogens is 3. The maximum atomic E-state index is 13.6. The topological polar surface area (TPSA) is 97.6 Å². The normalized spacial score (nSPS) is 14.5. The third-order valence-electron chi connectivity index (χ3n) is 6.01. The number of pyridine rings is 1. The van der Waals surface area contributed by atoms with Crippen LogP contribution in [0.2, 0.25) is 5.02 Å². The van der Waals surface area contributed by atoms with Crippen LogP contribution in [0.4, 0.5) is 5.69 Å². The summed E-state index contributed by atoms with van der Waals surface area (Å²) in [6.45, 7) is 1.37. The van der Waals surface area contributed by atoms with Gasteiger partial charge < -0.3 is 9.64 Å². The summed E-state index contributed by atoms with van der Waals surface area (Å²) in [5.41, 5.74) is 1.50. The Bertz CT molecular complexity index is 1540. The van der Waals surface area contributed by atoms with Gasteiger partial charge in [-0.25, -0.2) is 13.4 Å². The molecule has 0 atom stereocenters. The molecule has 2 aromatic heterocycles. The van der Waals surface area contributed by atoms with Crippen molar-refractivity contribution in [2.24, 2.45) is 0 Å². The van der Waals surface area contributed by atoms with E-state index in [9.17, 15) is 13.2 Å². The molecule has 0 bridgehead atoms. The molecule has 0 aliphatic carbocycles. The van der Waals surface area contributed by atoms with Gasteiger partial charge in [0, 0.05) is 37.4 Å². The average Bonchev–Trinajstić information content (AvgIpc) is 2.93.